The second kappa shape index (κ2) is 7.61. The van der Waals surface area contributed by atoms with Crippen molar-refractivity contribution in [2.45, 2.75) is 70.6 Å². The minimum Gasteiger partial charge on any atom is -0.381 e. The molecule has 2 fully saturated rings. The van der Waals surface area contributed by atoms with Crippen molar-refractivity contribution in [1.82, 2.24) is 10.2 Å². The smallest absolute Gasteiger partial charge is 0.0595 e. The van der Waals surface area contributed by atoms with Crippen molar-refractivity contribution < 1.29 is 4.74 Å². The molecule has 0 radical (unpaired) electrons. The van der Waals surface area contributed by atoms with Crippen LogP contribution in [0, 0.1) is 5.92 Å². The van der Waals surface area contributed by atoms with Crippen molar-refractivity contribution in [3.8, 4) is 0 Å². The fraction of sp³-hybridized carbons (Fsp3) is 1.00. The summed E-state index contributed by atoms with van der Waals surface area (Å²) < 4.78 is 5.50. The topological polar surface area (TPSA) is 24.5 Å². The van der Waals surface area contributed by atoms with Gasteiger partial charge in [0.2, 0.25) is 0 Å². The van der Waals surface area contributed by atoms with Gasteiger partial charge in [0.15, 0.2) is 0 Å². The maximum absolute atomic E-state index is 5.50. The predicted molar refractivity (Wildman–Crippen MR) is 80.5 cm³/mol. The van der Waals surface area contributed by atoms with E-state index in [1.54, 1.807) is 0 Å². The van der Waals surface area contributed by atoms with Crippen LogP contribution in [0.1, 0.15) is 52.4 Å². The zero-order valence-corrected chi connectivity index (χ0v) is 13.0. The molecule has 0 aromatic heterocycles. The highest BCUT2D eigenvalue weighted by molar-refractivity contribution is 4.92. The number of nitrogens with one attached hydrogen (secondary N) is 1. The van der Waals surface area contributed by atoms with Crippen LogP contribution in [-0.2, 0) is 4.74 Å². The lowest BCUT2D eigenvalue weighted by Gasteiger charge is -2.45. The van der Waals surface area contributed by atoms with E-state index in [9.17, 15) is 0 Å². The van der Waals surface area contributed by atoms with E-state index in [0.717, 1.165) is 18.0 Å². The summed E-state index contributed by atoms with van der Waals surface area (Å²) in [7, 11) is 1.86. The number of piperidine rings is 1. The lowest BCUT2D eigenvalue weighted by Crippen LogP contribution is -2.55. The lowest BCUT2D eigenvalue weighted by molar-refractivity contribution is 0.00881. The van der Waals surface area contributed by atoms with E-state index < -0.39 is 0 Å². The molecule has 1 saturated heterocycles. The van der Waals surface area contributed by atoms with Gasteiger partial charge in [-0.25, -0.2) is 0 Å². The Balaban J connectivity index is 1.89. The molecule has 3 nitrogen and oxygen atoms in total. The summed E-state index contributed by atoms with van der Waals surface area (Å²) in [6, 6.07) is 1.48. The number of nitrogens with zero attached hydrogens (tertiary/aromatic N) is 1. The fourth-order valence-corrected chi connectivity index (χ4v) is 3.77. The van der Waals surface area contributed by atoms with Gasteiger partial charge in [0.1, 0.15) is 0 Å². The van der Waals surface area contributed by atoms with Gasteiger partial charge in [-0.05, 0) is 51.0 Å². The summed E-state index contributed by atoms with van der Waals surface area (Å²) in [5, 5.41) is 3.79. The number of hydrogen-bond donors (Lipinski definition) is 1. The van der Waals surface area contributed by atoms with E-state index in [-0.39, 0.29) is 0 Å². The highest BCUT2D eigenvalue weighted by Gasteiger charge is 2.34. The van der Waals surface area contributed by atoms with E-state index in [2.05, 4.69) is 24.1 Å². The number of hydrogen-bond acceptors (Lipinski definition) is 3. The number of methoxy groups -OCH3 is 1. The highest BCUT2D eigenvalue weighted by Crippen LogP contribution is 2.30. The predicted octanol–water partition coefficient (Wildman–Crippen LogP) is 2.65. The van der Waals surface area contributed by atoms with E-state index in [4.69, 9.17) is 4.74 Å². The first-order chi connectivity index (χ1) is 9.24. The third kappa shape index (κ3) is 4.17. The summed E-state index contributed by atoms with van der Waals surface area (Å²) in [4.78, 5) is 2.73. The Morgan fingerprint density at radius 2 is 1.89 bits per heavy atom. The molecule has 3 heteroatoms. The van der Waals surface area contributed by atoms with Crippen molar-refractivity contribution in [3.05, 3.63) is 0 Å². The number of likely N-dealkylation sites (tertiary alicyclic amines) is 1. The molecule has 0 bridgehead atoms. The lowest BCUT2D eigenvalue weighted by atomic mass is 9.81. The van der Waals surface area contributed by atoms with E-state index in [1.165, 1.54) is 58.2 Å². The first-order valence-electron chi connectivity index (χ1n) is 8.24. The van der Waals surface area contributed by atoms with Gasteiger partial charge in [-0.3, -0.25) is 4.90 Å². The molecular weight excluding hydrogens is 236 g/mol. The van der Waals surface area contributed by atoms with Gasteiger partial charge in [-0.1, -0.05) is 13.8 Å². The average molecular weight is 268 g/mol. The van der Waals surface area contributed by atoms with Crippen molar-refractivity contribution in [2.24, 2.45) is 5.92 Å². The Morgan fingerprint density at radius 3 is 2.53 bits per heavy atom. The Morgan fingerprint density at radius 1 is 1.16 bits per heavy atom. The molecule has 3 atom stereocenters. The Labute approximate surface area is 119 Å². The molecule has 1 aliphatic heterocycles. The van der Waals surface area contributed by atoms with E-state index in [0.29, 0.717) is 6.10 Å². The summed E-state index contributed by atoms with van der Waals surface area (Å²) in [5.41, 5.74) is 0. The summed E-state index contributed by atoms with van der Waals surface area (Å²) >= 11 is 0. The fourth-order valence-electron chi connectivity index (χ4n) is 3.77. The second-order valence-electron chi connectivity index (χ2n) is 6.52. The zero-order valence-electron chi connectivity index (χ0n) is 13.0. The standard InChI is InChI=1S/C16H32N2O/c1-4-9-17-15-6-5-13(2)12-16(15)18-10-7-14(19-3)8-11-18/h13-17H,4-12H2,1-3H3. The minimum absolute atomic E-state index is 0.499. The van der Waals surface area contributed by atoms with Crippen molar-refractivity contribution >= 4 is 0 Å². The second-order valence-corrected chi connectivity index (χ2v) is 6.52. The van der Waals surface area contributed by atoms with Crippen LogP contribution in [0.25, 0.3) is 0 Å². The number of rotatable bonds is 5. The molecule has 0 aromatic rings. The van der Waals surface area contributed by atoms with Crippen molar-refractivity contribution in [1.29, 1.82) is 0 Å². The molecule has 112 valence electrons. The third-order valence-corrected chi connectivity index (χ3v) is 5.01. The van der Waals surface area contributed by atoms with Crippen LogP contribution >= 0.6 is 0 Å². The maximum Gasteiger partial charge on any atom is 0.0595 e. The van der Waals surface area contributed by atoms with Gasteiger partial charge in [0.25, 0.3) is 0 Å². The van der Waals surface area contributed by atoms with Crippen LogP contribution in [0.3, 0.4) is 0 Å². The van der Waals surface area contributed by atoms with Crippen molar-refractivity contribution in [2.75, 3.05) is 26.7 Å². The first-order valence-corrected chi connectivity index (χ1v) is 8.24. The molecule has 0 spiro atoms. The van der Waals surface area contributed by atoms with Crippen LogP contribution in [0.4, 0.5) is 0 Å². The molecule has 1 saturated carbocycles. The molecule has 0 aromatic carbocycles. The molecular formula is C16H32N2O. The van der Waals surface area contributed by atoms with Gasteiger partial charge >= 0.3 is 0 Å². The normalized spacial score (nSPS) is 34.6. The third-order valence-electron chi connectivity index (χ3n) is 5.01. The quantitative estimate of drug-likeness (QED) is 0.829. The molecule has 2 aliphatic rings. The molecule has 1 heterocycles. The van der Waals surface area contributed by atoms with Crippen LogP contribution in [0.2, 0.25) is 0 Å². The minimum atomic E-state index is 0.499. The van der Waals surface area contributed by atoms with Gasteiger partial charge in [0.05, 0.1) is 6.10 Å². The van der Waals surface area contributed by atoms with E-state index in [1.807, 2.05) is 7.11 Å². The average Bonchev–Trinajstić information content (AvgIpc) is 2.46. The summed E-state index contributed by atoms with van der Waals surface area (Å²) in [6.07, 6.45) is 8.29. The van der Waals surface area contributed by atoms with Gasteiger partial charge in [0, 0.05) is 32.3 Å². The molecule has 0 amide bonds. The maximum atomic E-state index is 5.50. The molecule has 2 rings (SSSR count). The van der Waals surface area contributed by atoms with Crippen molar-refractivity contribution in [3.63, 3.8) is 0 Å². The zero-order chi connectivity index (χ0) is 13.7. The van der Waals surface area contributed by atoms with Gasteiger partial charge < -0.3 is 10.1 Å². The van der Waals surface area contributed by atoms with Gasteiger partial charge in [-0.2, -0.15) is 0 Å². The monoisotopic (exact) mass is 268 g/mol. The molecule has 19 heavy (non-hydrogen) atoms. The molecule has 1 aliphatic carbocycles. The SMILES string of the molecule is CCCNC1CCC(C)CC1N1CCC(OC)CC1. The molecule has 1 N–H and O–H groups in total. The largest absolute Gasteiger partial charge is 0.381 e. The number of ether oxygens (including phenoxy) is 1. The van der Waals surface area contributed by atoms with Crippen LogP contribution in [0.5, 0.6) is 0 Å². The Hall–Kier alpha value is -0.120. The first kappa shape index (κ1) is 15.3. The van der Waals surface area contributed by atoms with Gasteiger partial charge in [-0.15, -0.1) is 0 Å². The Bertz CT molecular complexity index is 249. The van der Waals surface area contributed by atoms with Crippen LogP contribution in [0.15, 0.2) is 0 Å². The Kier molecular flexibility index (Phi) is 6.11. The van der Waals surface area contributed by atoms with Crippen LogP contribution < -0.4 is 5.32 Å². The van der Waals surface area contributed by atoms with Crippen LogP contribution in [-0.4, -0.2) is 49.8 Å². The summed E-state index contributed by atoms with van der Waals surface area (Å²) in [6.45, 7) is 8.30. The van der Waals surface area contributed by atoms with E-state index >= 15 is 0 Å². The summed E-state index contributed by atoms with van der Waals surface area (Å²) in [5.74, 6) is 0.893. The molecule has 3 unspecified atom stereocenters. The highest BCUT2D eigenvalue weighted by atomic mass is 16.5.